The molecular weight excluding hydrogens is 1020 g/mol. The fourth-order valence-electron chi connectivity index (χ4n) is 11.0. The molecule has 15 atom stereocenters. The van der Waals surface area contributed by atoms with E-state index in [1.54, 1.807) is 39.0 Å². The van der Waals surface area contributed by atoms with Gasteiger partial charge in [-0.2, -0.15) is 4.39 Å². The van der Waals surface area contributed by atoms with Crippen molar-refractivity contribution in [2.24, 2.45) is 41.4 Å². The van der Waals surface area contributed by atoms with Crippen LogP contribution < -0.4 is 21.4 Å². The van der Waals surface area contributed by atoms with Gasteiger partial charge in [-0.15, -0.1) is 0 Å². The zero-order valence-corrected chi connectivity index (χ0v) is 47.7. The summed E-state index contributed by atoms with van der Waals surface area (Å²) in [5, 5.41) is 54.1. The molecule has 2 bridgehead atoms. The lowest BCUT2D eigenvalue weighted by atomic mass is 9.75. The van der Waals surface area contributed by atoms with Gasteiger partial charge in [0.1, 0.15) is 30.0 Å². The van der Waals surface area contributed by atoms with Crippen LogP contribution in [0.4, 0.5) is 8.78 Å². The van der Waals surface area contributed by atoms with Crippen LogP contribution in [0.1, 0.15) is 139 Å². The summed E-state index contributed by atoms with van der Waals surface area (Å²) in [5.41, 5.74) is 3.64. The molecule has 0 saturated carbocycles. The Kier molecular flexibility index (Phi) is 23.8. The summed E-state index contributed by atoms with van der Waals surface area (Å²) in [4.78, 5) is 82.1. The van der Waals surface area contributed by atoms with Gasteiger partial charge in [0.05, 0.1) is 30.3 Å². The van der Waals surface area contributed by atoms with E-state index in [0.29, 0.717) is 31.3 Å². The monoisotopic (exact) mass is 1110 g/mol. The number of amides is 4. The molecule has 79 heavy (non-hydrogen) atoms. The van der Waals surface area contributed by atoms with Gasteiger partial charge in [-0.3, -0.25) is 29.0 Å². The Morgan fingerprint density at radius 1 is 1.00 bits per heavy atom. The van der Waals surface area contributed by atoms with E-state index in [4.69, 9.17) is 9.47 Å². The maximum absolute atomic E-state index is 14.6. The second-order valence-corrected chi connectivity index (χ2v) is 22.9. The lowest BCUT2D eigenvalue weighted by molar-refractivity contribution is -0.179. The molecule has 8 N–H and O–H groups in total. The average molecular weight is 1110 g/mol. The third-order valence-electron chi connectivity index (χ3n) is 16.4. The van der Waals surface area contributed by atoms with Crippen molar-refractivity contribution in [1.29, 1.82) is 0 Å². The molecule has 0 radical (unpaired) electrons. The number of ether oxygens (including phenoxy) is 2. The molecule has 4 aliphatic rings. The molecule has 438 valence electrons. The van der Waals surface area contributed by atoms with Gasteiger partial charge >= 0.3 is 5.97 Å². The molecule has 1 aromatic rings. The summed E-state index contributed by atoms with van der Waals surface area (Å²) < 4.78 is 41.7. The average Bonchev–Trinajstić information content (AvgIpc) is 3.48. The first-order chi connectivity index (χ1) is 37.3. The standard InChI is InChI=1S/C60H87F2N5O12/c1-11-42-28-38(8)60(65-55(42)73)37(7)27-36(6)51(79-60)32-48(70)34(4)19-14-12-15-20-35(5)50-23-17-13-16-22-47(69)40(10)54(72)43(25-24-39(9)68)56(74)64-53(33(2)3)57(75)63-46(30-41-29-44(61)52(62)49(71)31-41)58(76)67-26-18-21-45(66-67)59(77)78-50/h12-13,15-17,20,22,27,29,31,33-34,36,38,40,42-43,45-48,50-51,53-54,66,69-72H,11,14,18-19,21,23-26,28,30,32H2,1-10H3,(H,63,75)(H,64,74)(H,65,73)/b15-12+,17-13+,22-16+,35-20+/t34-,36+,38-,40-,42-,43+,45?,46-,47-,48-,50-,51-,53-,54+,60-/m0/s1. The summed E-state index contributed by atoms with van der Waals surface area (Å²) in [6.45, 7) is 18.2. The molecule has 4 aliphatic heterocycles. The first-order valence-electron chi connectivity index (χ1n) is 28.2. The fraction of sp³-hybridized carbons (Fsp3) is 0.633. The summed E-state index contributed by atoms with van der Waals surface area (Å²) >= 11 is 0. The van der Waals surface area contributed by atoms with Gasteiger partial charge in [-0.25, -0.2) is 9.82 Å². The first kappa shape index (κ1) is 64.2. The highest BCUT2D eigenvalue weighted by Crippen LogP contribution is 2.43. The zero-order valence-electron chi connectivity index (χ0n) is 47.7. The number of rotatable bonds is 15. The van der Waals surface area contributed by atoms with E-state index >= 15 is 0 Å². The molecule has 1 aromatic carbocycles. The summed E-state index contributed by atoms with van der Waals surface area (Å²) in [5.74, 6) is -10.1. The van der Waals surface area contributed by atoms with Crippen LogP contribution >= 0.6 is 0 Å². The lowest BCUT2D eigenvalue weighted by Crippen LogP contribution is -2.64. The topological polar surface area (TPSA) is 253 Å². The number of cyclic esters (lactones) is 1. The number of hydrogen-bond acceptors (Lipinski definition) is 13. The maximum atomic E-state index is 14.6. The number of halogens is 2. The number of hydrazine groups is 1. The van der Waals surface area contributed by atoms with Crippen LogP contribution in [-0.4, -0.2) is 122 Å². The molecule has 5 rings (SSSR count). The Balaban J connectivity index is 1.36. The third kappa shape index (κ3) is 17.0. The number of nitrogens with zero attached hydrogens (tertiary/aromatic N) is 1. The van der Waals surface area contributed by atoms with Crippen molar-refractivity contribution in [1.82, 2.24) is 26.4 Å². The third-order valence-corrected chi connectivity index (χ3v) is 16.4. The number of benzene rings is 1. The molecule has 2 fully saturated rings. The Morgan fingerprint density at radius 3 is 2.39 bits per heavy atom. The van der Waals surface area contributed by atoms with Gasteiger partial charge in [0.15, 0.2) is 23.1 Å². The number of carbonyl (C=O) groups is 6. The van der Waals surface area contributed by atoms with Gasteiger partial charge < -0.3 is 50.6 Å². The molecule has 1 unspecified atom stereocenters. The van der Waals surface area contributed by atoms with Gasteiger partial charge in [0.25, 0.3) is 5.91 Å². The van der Waals surface area contributed by atoms with Crippen LogP contribution in [0.15, 0.2) is 71.9 Å². The number of piperidine rings is 1. The van der Waals surface area contributed by atoms with Crippen LogP contribution in [0.3, 0.4) is 0 Å². The zero-order chi connectivity index (χ0) is 58.5. The van der Waals surface area contributed by atoms with E-state index in [-0.39, 0.29) is 79.3 Å². The Hall–Kier alpha value is -5.60. The predicted octanol–water partition coefficient (Wildman–Crippen LogP) is 6.63. The highest BCUT2D eigenvalue weighted by atomic mass is 19.2. The number of nitrogens with one attached hydrogen (secondary N) is 4. The van der Waals surface area contributed by atoms with Crippen molar-refractivity contribution in [2.75, 3.05) is 6.54 Å². The van der Waals surface area contributed by atoms with Gasteiger partial charge in [0.2, 0.25) is 17.7 Å². The van der Waals surface area contributed by atoms with Gasteiger partial charge in [-0.05, 0) is 106 Å². The van der Waals surface area contributed by atoms with Crippen molar-refractivity contribution in [3.8, 4) is 5.75 Å². The second kappa shape index (κ2) is 29.2. The lowest BCUT2D eigenvalue weighted by Gasteiger charge is -2.51. The molecular formula is C60H87F2N5O12. The smallest absolute Gasteiger partial charge is 0.325 e. The number of hydrogen-bond donors (Lipinski definition) is 8. The molecule has 0 aromatic heterocycles. The molecule has 17 nitrogen and oxygen atoms in total. The molecule has 4 heterocycles. The fourth-order valence-corrected chi connectivity index (χ4v) is 11.0. The highest BCUT2D eigenvalue weighted by Gasteiger charge is 2.51. The number of aliphatic hydroxyl groups is 3. The van der Waals surface area contributed by atoms with Crippen molar-refractivity contribution < 1.29 is 67.4 Å². The van der Waals surface area contributed by atoms with Crippen molar-refractivity contribution in [2.45, 2.75) is 194 Å². The Bertz CT molecular complexity index is 2460. The number of aliphatic hydroxyl groups excluding tert-OH is 3. The predicted molar refractivity (Wildman–Crippen MR) is 294 cm³/mol. The largest absolute Gasteiger partial charge is 0.505 e. The molecule has 1 spiro atoms. The van der Waals surface area contributed by atoms with Crippen molar-refractivity contribution >= 4 is 35.4 Å². The van der Waals surface area contributed by atoms with E-state index in [1.807, 2.05) is 39.0 Å². The van der Waals surface area contributed by atoms with Crippen LogP contribution in [0.25, 0.3) is 0 Å². The highest BCUT2D eigenvalue weighted by molar-refractivity contribution is 5.93. The SMILES string of the molecule is CC[C@H]1C[C@H](C)[C@@]2(NC1=O)O[C@@H](C[C@H](O)[C@@H](C)CC/C=C/C=C(\C)[C@@H]1C/C=C/C=C/[C@H](O)[C@H](C)[C@@H](O)[C@@H](CCC(C)=O)C(=O)N[C@@H](C(C)C)C(=O)N[C@@H](Cc3cc(O)c(F)c(F)c3)C(=O)N3CCCC(N3)C(=O)O1)[C@H](C)C=C2C. The van der Waals surface area contributed by atoms with Crippen LogP contribution in [0.5, 0.6) is 5.75 Å². The number of phenols is 1. The Morgan fingerprint density at radius 2 is 1.72 bits per heavy atom. The Labute approximate surface area is 464 Å². The summed E-state index contributed by atoms with van der Waals surface area (Å²) in [6, 6.07) is -2.18. The summed E-state index contributed by atoms with van der Waals surface area (Å²) in [7, 11) is 0. The van der Waals surface area contributed by atoms with E-state index in [0.717, 1.165) is 35.6 Å². The number of carbonyl (C=O) groups excluding carboxylic acids is 6. The molecule has 0 aliphatic carbocycles. The van der Waals surface area contributed by atoms with Crippen LogP contribution in [0.2, 0.25) is 0 Å². The number of fused-ring (bicyclic) bond motifs is 2. The number of esters is 1. The van der Waals surface area contributed by atoms with Crippen molar-refractivity contribution in [3.05, 3.63) is 89.1 Å². The number of Topliss-reactive ketones (excluding diaryl/α,β-unsaturated/α-hetero) is 1. The quantitative estimate of drug-likeness (QED) is 0.0522. The normalized spacial score (nSPS) is 32.7. The minimum atomic E-state index is -1.52. The minimum Gasteiger partial charge on any atom is -0.505 e. The second-order valence-electron chi connectivity index (χ2n) is 22.9. The molecule has 4 amide bonds. The summed E-state index contributed by atoms with van der Waals surface area (Å²) in [6.07, 6.45) is 12.9. The number of allylic oxidation sites excluding steroid dienone is 5. The molecule has 19 heteroatoms. The van der Waals surface area contributed by atoms with E-state index in [1.165, 1.54) is 19.9 Å². The first-order valence-corrected chi connectivity index (χ1v) is 28.2. The van der Waals surface area contributed by atoms with Crippen LogP contribution in [0, 0.1) is 53.1 Å². The van der Waals surface area contributed by atoms with Gasteiger partial charge in [0, 0.05) is 55.9 Å². The number of aromatic hydroxyl groups is 1. The van der Waals surface area contributed by atoms with Gasteiger partial charge in [-0.1, -0.05) is 97.1 Å². The number of ketones is 1. The van der Waals surface area contributed by atoms with E-state index in [9.17, 15) is 58.0 Å². The maximum Gasteiger partial charge on any atom is 0.325 e. The van der Waals surface area contributed by atoms with Crippen LogP contribution in [-0.2, 0) is 44.7 Å². The minimum absolute atomic E-state index is 0.00747. The van der Waals surface area contributed by atoms with E-state index < -0.39 is 114 Å². The molecule has 2 saturated heterocycles. The van der Waals surface area contributed by atoms with Crippen molar-refractivity contribution in [3.63, 3.8) is 0 Å². The number of phenolic OH excluding ortho intramolecular Hbond substituents is 1. The van der Waals surface area contributed by atoms with E-state index in [2.05, 4.69) is 41.3 Å².